The molecule has 5 rings (SSSR count). The molecular weight excluding hydrogens is 478 g/mol. The molecule has 11 heteroatoms. The van der Waals surface area contributed by atoms with E-state index in [1.807, 2.05) is 33.8 Å². The molecule has 4 fully saturated rings. The highest BCUT2D eigenvalue weighted by molar-refractivity contribution is 5.96. The van der Waals surface area contributed by atoms with Gasteiger partial charge in [-0.2, -0.15) is 5.10 Å². The van der Waals surface area contributed by atoms with Gasteiger partial charge in [-0.05, 0) is 55.8 Å². The average Bonchev–Trinajstić information content (AvgIpc) is 3.19. The van der Waals surface area contributed by atoms with Crippen molar-refractivity contribution in [2.75, 3.05) is 13.2 Å². The molecule has 0 radical (unpaired) electrons. The number of hydrogen-bond acceptors (Lipinski definition) is 7. The lowest BCUT2D eigenvalue weighted by molar-refractivity contribution is -0.137. The van der Waals surface area contributed by atoms with E-state index in [1.54, 1.807) is 6.20 Å². The van der Waals surface area contributed by atoms with E-state index in [9.17, 15) is 14.4 Å². The molecule has 0 aromatic carbocycles. The summed E-state index contributed by atoms with van der Waals surface area (Å²) in [4.78, 5) is 36.0. The molecule has 1 aromatic heterocycles. The molecule has 0 aliphatic heterocycles. The van der Waals surface area contributed by atoms with Gasteiger partial charge in [0.05, 0.1) is 12.8 Å². The zero-order valence-electron chi connectivity index (χ0n) is 22.1. The zero-order valence-corrected chi connectivity index (χ0v) is 22.1. The van der Waals surface area contributed by atoms with Crippen LogP contribution in [0.4, 0.5) is 9.59 Å². The number of carbonyl (C=O) groups excluding carboxylic acids is 3. The first-order chi connectivity index (χ1) is 17.4. The third kappa shape index (κ3) is 6.19. The van der Waals surface area contributed by atoms with Gasteiger partial charge in [-0.3, -0.25) is 4.79 Å². The van der Waals surface area contributed by atoms with Crippen LogP contribution in [-0.2, 0) is 9.47 Å². The van der Waals surface area contributed by atoms with Crippen LogP contribution in [0.25, 0.3) is 6.20 Å². The second-order valence-electron chi connectivity index (χ2n) is 12.0. The Morgan fingerprint density at radius 3 is 2.46 bits per heavy atom. The van der Waals surface area contributed by atoms with Gasteiger partial charge < -0.3 is 31.0 Å². The first kappa shape index (κ1) is 26.8. The molecule has 2 atom stereocenters. The number of primary amides is 2. The normalized spacial score (nSPS) is 28.5. The monoisotopic (exact) mass is 517 g/mol. The summed E-state index contributed by atoms with van der Waals surface area (Å²) in [5, 5.41) is 7.64. The number of nitrogens with two attached hydrogens (primary N) is 2. The Bertz CT molecular complexity index is 1050. The van der Waals surface area contributed by atoms with E-state index in [4.69, 9.17) is 25.7 Å². The molecule has 0 spiro atoms. The van der Waals surface area contributed by atoms with Gasteiger partial charge in [0.15, 0.2) is 0 Å². The molecule has 37 heavy (non-hydrogen) atoms. The molecule has 1 heterocycles. The molecule has 0 saturated heterocycles. The van der Waals surface area contributed by atoms with Crippen LogP contribution in [0.2, 0.25) is 0 Å². The zero-order chi connectivity index (χ0) is 27.0. The van der Waals surface area contributed by atoms with Gasteiger partial charge in [-0.1, -0.05) is 33.8 Å². The average molecular weight is 518 g/mol. The first-order valence-electron chi connectivity index (χ1n) is 13.0. The van der Waals surface area contributed by atoms with Crippen molar-refractivity contribution in [2.24, 2.45) is 40.6 Å². The first-order valence-corrected chi connectivity index (χ1v) is 13.0. The van der Waals surface area contributed by atoms with Crippen LogP contribution >= 0.6 is 0 Å². The number of aromatic nitrogens is 2. The van der Waals surface area contributed by atoms with Crippen LogP contribution in [0.5, 0.6) is 5.88 Å². The Labute approximate surface area is 217 Å². The Morgan fingerprint density at radius 2 is 1.86 bits per heavy atom. The molecule has 11 nitrogen and oxygen atoms in total. The lowest BCUT2D eigenvalue weighted by Crippen LogP contribution is -2.63. The fraction of sp³-hybridized carbons (Fsp3) is 0.692. The minimum Gasteiger partial charge on any atom is -0.477 e. The number of amides is 3. The molecule has 4 aliphatic carbocycles. The van der Waals surface area contributed by atoms with Crippen molar-refractivity contribution < 1.29 is 28.6 Å². The van der Waals surface area contributed by atoms with Crippen LogP contribution in [-0.4, -0.2) is 52.7 Å². The van der Waals surface area contributed by atoms with Crippen molar-refractivity contribution in [1.29, 1.82) is 0 Å². The van der Waals surface area contributed by atoms with Gasteiger partial charge in [0, 0.05) is 17.7 Å². The second kappa shape index (κ2) is 10.3. The molecule has 5 N–H and O–H groups in total. The Hall–Kier alpha value is -3.24. The van der Waals surface area contributed by atoms with E-state index in [1.165, 1.54) is 10.9 Å². The summed E-state index contributed by atoms with van der Waals surface area (Å²) in [6.07, 6.45) is 7.78. The van der Waals surface area contributed by atoms with E-state index in [0.717, 1.165) is 32.1 Å². The van der Waals surface area contributed by atoms with Crippen molar-refractivity contribution in [2.45, 2.75) is 71.4 Å². The Balaban J connectivity index is 1.50. The molecule has 2 unspecified atom stereocenters. The van der Waals surface area contributed by atoms with Crippen molar-refractivity contribution in [3.8, 4) is 5.88 Å². The van der Waals surface area contributed by atoms with E-state index in [2.05, 4.69) is 10.4 Å². The van der Waals surface area contributed by atoms with Crippen molar-refractivity contribution in [3.63, 3.8) is 0 Å². The molecule has 4 bridgehead atoms. The van der Waals surface area contributed by atoms with Gasteiger partial charge in [-0.25, -0.2) is 14.3 Å². The largest absolute Gasteiger partial charge is 0.477 e. The highest BCUT2D eigenvalue weighted by atomic mass is 16.6. The molecule has 4 aliphatic rings. The minimum absolute atomic E-state index is 0.00428. The predicted molar refractivity (Wildman–Crippen MR) is 135 cm³/mol. The molecule has 1 aromatic rings. The minimum atomic E-state index is -0.836. The summed E-state index contributed by atoms with van der Waals surface area (Å²) >= 11 is 0. The Morgan fingerprint density at radius 1 is 1.19 bits per heavy atom. The smallest absolute Gasteiger partial charge is 0.405 e. The summed E-state index contributed by atoms with van der Waals surface area (Å²) in [7, 11) is 0. The number of nitrogens with one attached hydrogen (secondary N) is 1. The van der Waals surface area contributed by atoms with Crippen LogP contribution in [0.1, 0.15) is 70.2 Å². The summed E-state index contributed by atoms with van der Waals surface area (Å²) in [6.45, 7) is 8.34. The summed E-state index contributed by atoms with van der Waals surface area (Å²) in [5.41, 5.74) is 9.81. The molecule has 3 amide bonds. The van der Waals surface area contributed by atoms with Crippen LogP contribution in [0.3, 0.4) is 0 Å². The fourth-order valence-corrected chi connectivity index (χ4v) is 6.33. The topological polar surface area (TPSA) is 161 Å². The third-order valence-corrected chi connectivity index (χ3v) is 7.63. The maximum Gasteiger partial charge on any atom is 0.405 e. The van der Waals surface area contributed by atoms with E-state index in [-0.39, 0.29) is 36.3 Å². The highest BCUT2D eigenvalue weighted by Crippen LogP contribution is 2.57. The molecule has 4 saturated carbocycles. The van der Waals surface area contributed by atoms with E-state index < -0.39 is 23.2 Å². The Kier molecular flexibility index (Phi) is 7.43. The SMILES string of the molecule is CC(C)COc1c(C(=O)NC2C3CC4CC2CC(OC(N)=O)(C4)C3)cnn1/C=C/C(C)(C)COC(N)=O. The van der Waals surface area contributed by atoms with Crippen molar-refractivity contribution in [1.82, 2.24) is 15.1 Å². The van der Waals surface area contributed by atoms with Crippen LogP contribution < -0.4 is 21.5 Å². The van der Waals surface area contributed by atoms with Gasteiger partial charge in [0.25, 0.3) is 5.91 Å². The second-order valence-corrected chi connectivity index (χ2v) is 12.0. The van der Waals surface area contributed by atoms with Crippen LogP contribution in [0.15, 0.2) is 12.3 Å². The lowest BCUT2D eigenvalue weighted by Gasteiger charge is -2.58. The number of nitrogens with zero attached hydrogens (tertiary/aromatic N) is 2. The summed E-state index contributed by atoms with van der Waals surface area (Å²) in [5.74, 6) is 1.31. The van der Waals surface area contributed by atoms with Gasteiger partial charge in [-0.15, -0.1) is 0 Å². The number of rotatable bonds is 10. The maximum absolute atomic E-state index is 13.5. The number of ether oxygens (including phenoxy) is 3. The standard InChI is InChI=1S/C26H39N5O6/c1-15(2)13-35-22-19(12-29-31(22)6-5-25(3,4)14-36-23(27)33)21(32)30-20-17-7-16-8-18(20)11-26(9-16,10-17)37-24(28)34/h5-6,12,15-18,20H,7-11,13-14H2,1-4H3,(H2,27,33)(H2,28,34)(H,30,32)/b6-5+. The number of hydrogen-bond donors (Lipinski definition) is 3. The lowest BCUT2D eigenvalue weighted by atomic mass is 9.52. The number of carbonyl (C=O) groups is 3. The quantitative estimate of drug-likeness (QED) is 0.429. The summed E-state index contributed by atoms with van der Waals surface area (Å²) < 4.78 is 18.1. The van der Waals surface area contributed by atoms with Gasteiger partial charge in [0.1, 0.15) is 17.8 Å². The van der Waals surface area contributed by atoms with E-state index in [0.29, 0.717) is 24.0 Å². The predicted octanol–water partition coefficient (Wildman–Crippen LogP) is 3.28. The molecular formula is C26H39N5O6. The van der Waals surface area contributed by atoms with Gasteiger partial charge in [0.2, 0.25) is 5.88 Å². The highest BCUT2D eigenvalue weighted by Gasteiger charge is 2.57. The summed E-state index contributed by atoms with van der Waals surface area (Å²) in [6, 6.07) is -0.00428. The third-order valence-electron chi connectivity index (χ3n) is 7.63. The van der Waals surface area contributed by atoms with Crippen molar-refractivity contribution >= 4 is 24.3 Å². The van der Waals surface area contributed by atoms with Crippen molar-refractivity contribution in [3.05, 3.63) is 17.8 Å². The maximum atomic E-state index is 13.5. The van der Waals surface area contributed by atoms with Crippen LogP contribution in [0, 0.1) is 29.1 Å². The fourth-order valence-electron chi connectivity index (χ4n) is 6.33. The van der Waals surface area contributed by atoms with Gasteiger partial charge >= 0.3 is 12.2 Å². The van der Waals surface area contributed by atoms with E-state index >= 15 is 0 Å². The molecule has 204 valence electrons.